The summed E-state index contributed by atoms with van der Waals surface area (Å²) in [5, 5.41) is 0. The first-order chi connectivity index (χ1) is 6.18. The normalized spacial score (nSPS) is 17.8. The van der Waals surface area contributed by atoms with Gasteiger partial charge in [0.25, 0.3) is 0 Å². The molecule has 0 bridgehead atoms. The van der Waals surface area contributed by atoms with Gasteiger partial charge >= 0.3 is 0 Å². The summed E-state index contributed by atoms with van der Waals surface area (Å²) in [6, 6.07) is 4.55. The van der Waals surface area contributed by atoms with Crippen LogP contribution in [0.5, 0.6) is 0 Å². The highest BCUT2D eigenvalue weighted by Crippen LogP contribution is 2.21. The molecule has 1 aromatic heterocycles. The maximum atomic E-state index is 2.48. The zero-order valence-corrected chi connectivity index (χ0v) is 8.75. The molecular weight excluding hydrogens is 160 g/mol. The molecule has 0 spiro atoms. The fourth-order valence-corrected chi connectivity index (χ4v) is 2.07. The van der Waals surface area contributed by atoms with Gasteiger partial charge < -0.3 is 4.57 Å². The quantitative estimate of drug-likeness (QED) is 0.639. The summed E-state index contributed by atoms with van der Waals surface area (Å²) in [4.78, 5) is 2.37. The van der Waals surface area contributed by atoms with Crippen LogP contribution in [0.3, 0.4) is 0 Å². The first-order valence-corrected chi connectivity index (χ1v) is 5.05. The van der Waals surface area contributed by atoms with Crippen LogP contribution in [0.4, 0.5) is 0 Å². The Morgan fingerprint density at radius 3 is 2.69 bits per heavy atom. The third-order valence-electron chi connectivity index (χ3n) is 2.83. The molecule has 0 saturated carbocycles. The molecule has 2 rings (SSSR count). The van der Waals surface area contributed by atoms with E-state index in [9.17, 15) is 0 Å². The number of nitrogens with zero attached hydrogens (tertiary/aromatic N) is 2. The molecule has 0 aliphatic carbocycles. The van der Waals surface area contributed by atoms with Crippen LogP contribution in [0.25, 0.3) is 0 Å². The van der Waals surface area contributed by atoms with Gasteiger partial charge in [-0.1, -0.05) is 13.8 Å². The van der Waals surface area contributed by atoms with Crippen molar-refractivity contribution in [1.29, 1.82) is 0 Å². The number of fused-ring (bicyclic) bond motifs is 1. The second kappa shape index (κ2) is 3.18. The minimum Gasteiger partial charge on any atom is -0.346 e. The van der Waals surface area contributed by atoms with Crippen molar-refractivity contribution < 1.29 is 0 Å². The summed E-state index contributed by atoms with van der Waals surface area (Å²) in [7, 11) is 2.19. The Morgan fingerprint density at radius 1 is 1.23 bits per heavy atom. The highest BCUT2D eigenvalue weighted by Gasteiger charge is 2.16. The summed E-state index contributed by atoms with van der Waals surface area (Å²) in [6.45, 7) is 7.97. The van der Waals surface area contributed by atoms with Crippen LogP contribution in [0.2, 0.25) is 0 Å². The summed E-state index contributed by atoms with van der Waals surface area (Å²) < 4.78 is 2.48. The monoisotopic (exact) mass is 178 g/mol. The van der Waals surface area contributed by atoms with Crippen molar-refractivity contribution in [2.75, 3.05) is 13.6 Å². The molecule has 1 aliphatic rings. The smallest absolute Gasteiger partial charge is 0.0384 e. The van der Waals surface area contributed by atoms with Crippen molar-refractivity contribution in [2.24, 2.45) is 0 Å². The van der Waals surface area contributed by atoms with E-state index in [0.29, 0.717) is 5.92 Å². The Labute approximate surface area is 80.2 Å². The second-order valence-electron chi connectivity index (χ2n) is 4.29. The molecule has 0 N–H and O–H groups in total. The lowest BCUT2D eigenvalue weighted by Gasteiger charge is -2.26. The van der Waals surface area contributed by atoms with E-state index in [2.05, 4.69) is 42.5 Å². The summed E-state index contributed by atoms with van der Waals surface area (Å²) in [5.41, 5.74) is 2.96. The van der Waals surface area contributed by atoms with E-state index in [-0.39, 0.29) is 0 Å². The van der Waals surface area contributed by atoms with Gasteiger partial charge in [0.1, 0.15) is 0 Å². The van der Waals surface area contributed by atoms with E-state index in [4.69, 9.17) is 0 Å². The number of hydrogen-bond donors (Lipinski definition) is 0. The van der Waals surface area contributed by atoms with Crippen molar-refractivity contribution in [3.63, 3.8) is 0 Å². The highest BCUT2D eigenvalue weighted by atomic mass is 15.2. The van der Waals surface area contributed by atoms with Crippen LogP contribution in [-0.2, 0) is 13.1 Å². The van der Waals surface area contributed by atoms with Gasteiger partial charge in [-0.2, -0.15) is 0 Å². The van der Waals surface area contributed by atoms with E-state index < -0.39 is 0 Å². The van der Waals surface area contributed by atoms with Crippen LogP contribution in [0, 0.1) is 0 Å². The van der Waals surface area contributed by atoms with Crippen molar-refractivity contribution in [3.8, 4) is 0 Å². The molecule has 0 saturated heterocycles. The Hall–Kier alpha value is -0.760. The van der Waals surface area contributed by atoms with Crippen LogP contribution < -0.4 is 0 Å². The van der Waals surface area contributed by atoms with Crippen LogP contribution in [0.15, 0.2) is 12.1 Å². The van der Waals surface area contributed by atoms with Crippen LogP contribution >= 0.6 is 0 Å². The molecule has 0 atom stereocenters. The molecule has 2 heteroatoms. The van der Waals surface area contributed by atoms with Crippen LogP contribution in [-0.4, -0.2) is 23.1 Å². The lowest BCUT2D eigenvalue weighted by molar-refractivity contribution is 0.266. The van der Waals surface area contributed by atoms with E-state index >= 15 is 0 Å². The van der Waals surface area contributed by atoms with E-state index in [1.54, 1.807) is 0 Å². The average Bonchev–Trinajstić information content (AvgIpc) is 2.46. The predicted octanol–water partition coefficient (Wildman–Crippen LogP) is 2.06. The predicted molar refractivity (Wildman–Crippen MR) is 54.9 cm³/mol. The SMILES string of the molecule is CC(C)c1ccc2n1CCN(C)C2. The van der Waals surface area contributed by atoms with Gasteiger partial charge in [-0.15, -0.1) is 0 Å². The summed E-state index contributed by atoms with van der Waals surface area (Å²) in [6.07, 6.45) is 0. The highest BCUT2D eigenvalue weighted by molar-refractivity contribution is 5.20. The molecule has 1 aromatic rings. The Bertz CT molecular complexity index is 299. The molecule has 0 amide bonds. The Balaban J connectivity index is 2.33. The molecule has 1 aliphatic heterocycles. The number of likely N-dealkylation sites (N-methyl/N-ethyl adjacent to an activating group) is 1. The van der Waals surface area contributed by atoms with Crippen molar-refractivity contribution in [3.05, 3.63) is 23.5 Å². The van der Waals surface area contributed by atoms with E-state index in [0.717, 1.165) is 13.1 Å². The fourth-order valence-electron chi connectivity index (χ4n) is 2.07. The number of hydrogen-bond acceptors (Lipinski definition) is 1. The summed E-state index contributed by atoms with van der Waals surface area (Å²) >= 11 is 0. The Kier molecular flexibility index (Phi) is 2.16. The second-order valence-corrected chi connectivity index (χ2v) is 4.29. The number of aromatic nitrogens is 1. The van der Waals surface area contributed by atoms with Gasteiger partial charge in [-0.3, -0.25) is 4.90 Å². The van der Waals surface area contributed by atoms with Gasteiger partial charge in [0.05, 0.1) is 0 Å². The molecule has 72 valence electrons. The van der Waals surface area contributed by atoms with Gasteiger partial charge in [-0.25, -0.2) is 0 Å². The largest absolute Gasteiger partial charge is 0.346 e. The van der Waals surface area contributed by atoms with Gasteiger partial charge in [-0.05, 0) is 25.1 Å². The molecule has 2 nitrogen and oxygen atoms in total. The minimum atomic E-state index is 0.650. The van der Waals surface area contributed by atoms with Crippen molar-refractivity contribution >= 4 is 0 Å². The van der Waals surface area contributed by atoms with Gasteiger partial charge in [0, 0.05) is 31.0 Å². The maximum Gasteiger partial charge on any atom is 0.0384 e. The standard InChI is InChI=1S/C11H18N2/c1-9(2)11-5-4-10-8-12(3)6-7-13(10)11/h4-5,9H,6-8H2,1-3H3. The molecule has 13 heavy (non-hydrogen) atoms. The maximum absolute atomic E-state index is 2.48. The third kappa shape index (κ3) is 1.51. The first kappa shape index (κ1) is 8.82. The minimum absolute atomic E-state index is 0.650. The third-order valence-corrected chi connectivity index (χ3v) is 2.83. The fraction of sp³-hybridized carbons (Fsp3) is 0.636. The lowest BCUT2D eigenvalue weighted by Crippen LogP contribution is -2.30. The number of rotatable bonds is 1. The molecule has 2 heterocycles. The van der Waals surface area contributed by atoms with Gasteiger partial charge in [0.2, 0.25) is 0 Å². The van der Waals surface area contributed by atoms with Gasteiger partial charge in [0.15, 0.2) is 0 Å². The molecule has 0 radical (unpaired) electrons. The van der Waals surface area contributed by atoms with Crippen molar-refractivity contribution in [2.45, 2.75) is 32.9 Å². The van der Waals surface area contributed by atoms with E-state index in [1.165, 1.54) is 17.9 Å². The molecular formula is C11H18N2. The first-order valence-electron chi connectivity index (χ1n) is 5.05. The lowest BCUT2D eigenvalue weighted by atomic mass is 10.1. The molecule has 0 unspecified atom stereocenters. The zero-order chi connectivity index (χ0) is 9.42. The molecule has 0 aromatic carbocycles. The van der Waals surface area contributed by atoms with Crippen LogP contribution in [0.1, 0.15) is 31.2 Å². The average molecular weight is 178 g/mol. The summed E-state index contributed by atoms with van der Waals surface area (Å²) in [5.74, 6) is 0.650. The van der Waals surface area contributed by atoms with E-state index in [1.807, 2.05) is 0 Å². The zero-order valence-electron chi connectivity index (χ0n) is 8.75. The Morgan fingerprint density at radius 2 is 2.00 bits per heavy atom. The molecule has 0 fully saturated rings. The topological polar surface area (TPSA) is 8.17 Å². The van der Waals surface area contributed by atoms with Crippen molar-refractivity contribution in [1.82, 2.24) is 9.47 Å².